The molecule has 0 bridgehead atoms. The Balaban J connectivity index is 1.70. The summed E-state index contributed by atoms with van der Waals surface area (Å²) >= 11 is 0. The van der Waals surface area contributed by atoms with Crippen LogP contribution in [0.4, 0.5) is 0 Å². The van der Waals surface area contributed by atoms with Gasteiger partial charge in [0.25, 0.3) is 0 Å². The Hall–Kier alpha value is -0.0800. The molecule has 0 aromatic heterocycles. The lowest BCUT2D eigenvalue weighted by Gasteiger charge is -2.29. The summed E-state index contributed by atoms with van der Waals surface area (Å²) in [5.74, 6) is 0.918. The van der Waals surface area contributed by atoms with Crippen LogP contribution in [-0.4, -0.2) is 23.3 Å². The molecule has 0 spiro atoms. The van der Waals surface area contributed by atoms with E-state index >= 15 is 0 Å². The first-order valence-electron chi connectivity index (χ1n) is 6.18. The minimum atomic E-state index is -0.0180. The van der Waals surface area contributed by atoms with Crippen molar-refractivity contribution in [2.45, 2.75) is 70.1 Å². The molecule has 2 atom stereocenters. The number of aliphatic hydroxyl groups excluding tert-OH is 1. The van der Waals surface area contributed by atoms with E-state index in [0.717, 1.165) is 24.8 Å². The maximum atomic E-state index is 9.40. The van der Waals surface area contributed by atoms with Crippen LogP contribution >= 0.6 is 0 Å². The Kier molecular flexibility index (Phi) is 3.45. The van der Waals surface area contributed by atoms with Crippen molar-refractivity contribution in [1.82, 2.24) is 5.32 Å². The second kappa shape index (κ2) is 4.63. The van der Waals surface area contributed by atoms with Crippen molar-refractivity contribution in [3.05, 3.63) is 0 Å². The summed E-state index contributed by atoms with van der Waals surface area (Å²) in [6.45, 7) is 2.35. The Bertz CT molecular complexity index is 175. The molecule has 2 saturated carbocycles. The highest BCUT2D eigenvalue weighted by Crippen LogP contribution is 2.27. The van der Waals surface area contributed by atoms with Crippen LogP contribution in [0.25, 0.3) is 0 Å². The minimum Gasteiger partial charge on any atom is -0.393 e. The summed E-state index contributed by atoms with van der Waals surface area (Å²) in [5, 5.41) is 13.2. The largest absolute Gasteiger partial charge is 0.393 e. The van der Waals surface area contributed by atoms with Crippen LogP contribution in [0.1, 0.15) is 51.9 Å². The third kappa shape index (κ3) is 2.71. The van der Waals surface area contributed by atoms with E-state index in [1.54, 1.807) is 0 Å². The van der Waals surface area contributed by atoms with Crippen LogP contribution in [0, 0.1) is 5.92 Å². The van der Waals surface area contributed by atoms with E-state index in [9.17, 15) is 5.11 Å². The van der Waals surface area contributed by atoms with Crippen molar-refractivity contribution in [3.63, 3.8) is 0 Å². The Labute approximate surface area is 87.1 Å². The second-order valence-corrected chi connectivity index (χ2v) is 5.29. The van der Waals surface area contributed by atoms with Crippen LogP contribution in [0.2, 0.25) is 0 Å². The molecule has 2 aliphatic carbocycles. The van der Waals surface area contributed by atoms with Crippen LogP contribution in [-0.2, 0) is 0 Å². The molecule has 0 radical (unpaired) electrons. The topological polar surface area (TPSA) is 32.3 Å². The number of nitrogens with one attached hydrogen (secondary N) is 1. The molecule has 0 saturated heterocycles. The van der Waals surface area contributed by atoms with Gasteiger partial charge in [0.05, 0.1) is 6.10 Å². The van der Waals surface area contributed by atoms with Crippen LogP contribution in [0.5, 0.6) is 0 Å². The van der Waals surface area contributed by atoms with Gasteiger partial charge >= 0.3 is 0 Å². The van der Waals surface area contributed by atoms with E-state index in [2.05, 4.69) is 12.2 Å². The zero-order chi connectivity index (χ0) is 9.97. The van der Waals surface area contributed by atoms with Gasteiger partial charge in [-0.3, -0.25) is 0 Å². The van der Waals surface area contributed by atoms with Crippen LogP contribution in [0.3, 0.4) is 0 Å². The summed E-state index contributed by atoms with van der Waals surface area (Å²) < 4.78 is 0. The molecule has 14 heavy (non-hydrogen) atoms. The quantitative estimate of drug-likeness (QED) is 0.710. The van der Waals surface area contributed by atoms with Gasteiger partial charge in [-0.25, -0.2) is 0 Å². The van der Waals surface area contributed by atoms with Crippen LogP contribution in [0.15, 0.2) is 0 Å². The fourth-order valence-electron chi connectivity index (χ4n) is 2.93. The zero-order valence-electron chi connectivity index (χ0n) is 9.21. The number of hydrogen-bond acceptors (Lipinski definition) is 2. The Morgan fingerprint density at radius 3 is 2.14 bits per heavy atom. The smallest absolute Gasteiger partial charge is 0.0541 e. The van der Waals surface area contributed by atoms with E-state index in [0.29, 0.717) is 6.04 Å². The summed E-state index contributed by atoms with van der Waals surface area (Å²) in [4.78, 5) is 0. The Morgan fingerprint density at radius 1 is 0.929 bits per heavy atom. The van der Waals surface area contributed by atoms with E-state index < -0.39 is 0 Å². The molecular formula is C12H23NO. The van der Waals surface area contributed by atoms with E-state index in [1.165, 1.54) is 32.1 Å². The normalized spacial score (nSPS) is 44.1. The van der Waals surface area contributed by atoms with Crippen molar-refractivity contribution in [2.75, 3.05) is 0 Å². The standard InChI is InChI=1S/C12H23NO/c1-9-2-3-11(8-9)13-10-4-6-12(14)7-5-10/h9-14H,2-8H2,1H3. The molecule has 2 rings (SSSR count). The van der Waals surface area contributed by atoms with Crippen molar-refractivity contribution < 1.29 is 5.11 Å². The first-order chi connectivity index (χ1) is 6.74. The van der Waals surface area contributed by atoms with Crippen molar-refractivity contribution in [1.29, 1.82) is 0 Å². The average molecular weight is 197 g/mol. The highest BCUT2D eigenvalue weighted by atomic mass is 16.3. The molecule has 0 aromatic carbocycles. The summed E-state index contributed by atoms with van der Waals surface area (Å²) in [5.41, 5.74) is 0. The predicted molar refractivity (Wildman–Crippen MR) is 58.2 cm³/mol. The Morgan fingerprint density at radius 2 is 1.57 bits per heavy atom. The average Bonchev–Trinajstić information content (AvgIpc) is 2.56. The molecule has 2 fully saturated rings. The first-order valence-corrected chi connectivity index (χ1v) is 6.18. The predicted octanol–water partition coefficient (Wildman–Crippen LogP) is 2.07. The minimum absolute atomic E-state index is 0.0180. The molecule has 2 unspecified atom stereocenters. The van der Waals surface area contributed by atoms with E-state index in [1.807, 2.05) is 0 Å². The van der Waals surface area contributed by atoms with E-state index in [-0.39, 0.29) is 6.10 Å². The maximum absolute atomic E-state index is 9.40. The number of hydrogen-bond donors (Lipinski definition) is 2. The van der Waals surface area contributed by atoms with Gasteiger partial charge in [0.1, 0.15) is 0 Å². The molecular weight excluding hydrogens is 174 g/mol. The molecule has 0 aliphatic heterocycles. The monoisotopic (exact) mass is 197 g/mol. The molecule has 2 heteroatoms. The lowest BCUT2D eigenvalue weighted by atomic mass is 9.92. The molecule has 0 amide bonds. The molecule has 82 valence electrons. The highest BCUT2D eigenvalue weighted by Gasteiger charge is 2.25. The molecule has 0 aromatic rings. The summed E-state index contributed by atoms with van der Waals surface area (Å²) in [6.07, 6.45) is 8.44. The van der Waals surface area contributed by atoms with Gasteiger partial charge in [-0.15, -0.1) is 0 Å². The van der Waals surface area contributed by atoms with Gasteiger partial charge in [-0.05, 0) is 50.9 Å². The van der Waals surface area contributed by atoms with Crippen molar-refractivity contribution in [2.24, 2.45) is 5.92 Å². The molecule has 2 nitrogen and oxygen atoms in total. The lowest BCUT2D eigenvalue weighted by Crippen LogP contribution is -2.40. The molecule has 0 heterocycles. The third-order valence-corrected chi connectivity index (χ3v) is 3.86. The van der Waals surface area contributed by atoms with Gasteiger partial charge in [0.2, 0.25) is 0 Å². The molecule has 2 aliphatic rings. The van der Waals surface area contributed by atoms with Crippen LogP contribution < -0.4 is 5.32 Å². The van der Waals surface area contributed by atoms with Gasteiger partial charge in [-0.2, -0.15) is 0 Å². The third-order valence-electron chi connectivity index (χ3n) is 3.86. The number of aliphatic hydroxyl groups is 1. The number of rotatable bonds is 2. The van der Waals surface area contributed by atoms with Crippen molar-refractivity contribution >= 4 is 0 Å². The fraction of sp³-hybridized carbons (Fsp3) is 1.00. The van der Waals surface area contributed by atoms with Gasteiger partial charge in [0.15, 0.2) is 0 Å². The van der Waals surface area contributed by atoms with Gasteiger partial charge in [-0.1, -0.05) is 6.92 Å². The zero-order valence-corrected chi connectivity index (χ0v) is 9.21. The maximum Gasteiger partial charge on any atom is 0.0541 e. The SMILES string of the molecule is CC1CCC(NC2CCC(O)CC2)C1. The summed E-state index contributed by atoms with van der Waals surface area (Å²) in [7, 11) is 0. The highest BCUT2D eigenvalue weighted by molar-refractivity contribution is 4.84. The van der Waals surface area contributed by atoms with Gasteiger partial charge in [0, 0.05) is 12.1 Å². The van der Waals surface area contributed by atoms with Gasteiger partial charge < -0.3 is 10.4 Å². The van der Waals surface area contributed by atoms with E-state index in [4.69, 9.17) is 0 Å². The summed E-state index contributed by atoms with van der Waals surface area (Å²) in [6, 6.07) is 1.46. The van der Waals surface area contributed by atoms with Crippen molar-refractivity contribution in [3.8, 4) is 0 Å². The fourth-order valence-corrected chi connectivity index (χ4v) is 2.93. The first kappa shape index (κ1) is 10.4. The lowest BCUT2D eigenvalue weighted by molar-refractivity contribution is 0.114. The molecule has 2 N–H and O–H groups in total. The second-order valence-electron chi connectivity index (χ2n) is 5.29.